The van der Waals surface area contributed by atoms with Gasteiger partial charge in [0.1, 0.15) is 11.8 Å². The van der Waals surface area contributed by atoms with Crippen LogP contribution in [0.25, 0.3) is 11.1 Å². The third-order valence-corrected chi connectivity index (χ3v) is 4.86. The van der Waals surface area contributed by atoms with Gasteiger partial charge in [0, 0.05) is 12.8 Å². The van der Waals surface area contributed by atoms with Crippen molar-refractivity contribution in [3.63, 3.8) is 0 Å². The fourth-order valence-electron chi connectivity index (χ4n) is 3.46. The molecule has 2 aromatic carbocycles. The second kappa shape index (κ2) is 7.52. The van der Waals surface area contributed by atoms with Gasteiger partial charge >= 0.3 is 0 Å². The van der Waals surface area contributed by atoms with E-state index in [2.05, 4.69) is 5.32 Å². The molecule has 0 aromatic heterocycles. The van der Waals surface area contributed by atoms with Crippen molar-refractivity contribution in [2.45, 2.75) is 38.1 Å². The van der Waals surface area contributed by atoms with Crippen molar-refractivity contribution >= 4 is 17.6 Å². The monoisotopic (exact) mass is 350 g/mol. The highest BCUT2D eigenvalue weighted by Gasteiger charge is 2.34. The predicted octanol–water partition coefficient (Wildman–Crippen LogP) is 2.53. The molecule has 3 rings (SSSR count). The van der Waals surface area contributed by atoms with Crippen molar-refractivity contribution in [2.24, 2.45) is 5.73 Å². The zero-order valence-corrected chi connectivity index (χ0v) is 14.7. The molecule has 0 radical (unpaired) electrons. The maximum absolute atomic E-state index is 13.0. The first kappa shape index (κ1) is 17.9. The van der Waals surface area contributed by atoms with Crippen LogP contribution in [-0.2, 0) is 14.4 Å². The average molecular weight is 350 g/mol. The molecule has 0 aliphatic heterocycles. The van der Waals surface area contributed by atoms with Gasteiger partial charge in [-0.05, 0) is 28.7 Å². The Labute approximate surface area is 152 Å². The van der Waals surface area contributed by atoms with E-state index in [-0.39, 0.29) is 24.5 Å². The van der Waals surface area contributed by atoms with E-state index in [0.29, 0.717) is 6.42 Å². The first-order valence-corrected chi connectivity index (χ1v) is 8.82. The van der Waals surface area contributed by atoms with Gasteiger partial charge in [-0.2, -0.15) is 0 Å². The van der Waals surface area contributed by atoms with E-state index in [1.807, 2.05) is 48.5 Å². The highest BCUT2D eigenvalue weighted by Crippen LogP contribution is 2.44. The molecule has 5 heteroatoms. The van der Waals surface area contributed by atoms with Crippen LogP contribution in [0.1, 0.15) is 43.2 Å². The van der Waals surface area contributed by atoms with Crippen LogP contribution in [0.2, 0.25) is 0 Å². The Hall–Kier alpha value is -2.95. The molecule has 1 aliphatic carbocycles. The summed E-state index contributed by atoms with van der Waals surface area (Å²) in [5, 5.41) is 2.75. The van der Waals surface area contributed by atoms with Crippen LogP contribution < -0.4 is 11.1 Å². The summed E-state index contributed by atoms with van der Waals surface area (Å²) in [7, 11) is 0. The molecule has 0 unspecified atom stereocenters. The van der Waals surface area contributed by atoms with E-state index in [0.717, 1.165) is 22.3 Å². The summed E-state index contributed by atoms with van der Waals surface area (Å²) in [6.07, 6.45) is 0.856. The van der Waals surface area contributed by atoms with E-state index >= 15 is 0 Å². The summed E-state index contributed by atoms with van der Waals surface area (Å²) < 4.78 is 0. The number of fused-ring (bicyclic) bond motifs is 3. The highest BCUT2D eigenvalue weighted by molar-refractivity contribution is 5.98. The summed E-state index contributed by atoms with van der Waals surface area (Å²) in [5.74, 6) is -1.33. The number of nitrogens with one attached hydrogen (secondary N) is 1. The van der Waals surface area contributed by atoms with Crippen molar-refractivity contribution in [1.82, 2.24) is 5.32 Å². The van der Waals surface area contributed by atoms with Gasteiger partial charge in [0.05, 0.1) is 5.92 Å². The minimum absolute atomic E-state index is 0.0436. The summed E-state index contributed by atoms with van der Waals surface area (Å²) in [4.78, 5) is 36.3. The maximum Gasteiger partial charge on any atom is 0.240 e. The van der Waals surface area contributed by atoms with Crippen LogP contribution in [-0.4, -0.2) is 23.6 Å². The first-order valence-electron chi connectivity index (χ1n) is 8.82. The number of carbonyl (C=O) groups is 3. The van der Waals surface area contributed by atoms with Crippen LogP contribution in [0.3, 0.4) is 0 Å². The molecule has 0 heterocycles. The second-order valence-corrected chi connectivity index (χ2v) is 6.50. The fraction of sp³-hybridized carbons (Fsp3) is 0.286. The molecule has 5 nitrogen and oxygen atoms in total. The van der Waals surface area contributed by atoms with Crippen molar-refractivity contribution < 1.29 is 14.4 Å². The lowest BCUT2D eigenvalue weighted by Gasteiger charge is -2.19. The molecule has 1 aliphatic rings. The molecule has 0 saturated carbocycles. The van der Waals surface area contributed by atoms with E-state index in [9.17, 15) is 14.4 Å². The van der Waals surface area contributed by atoms with E-state index < -0.39 is 17.9 Å². The Morgan fingerprint density at radius 3 is 2.04 bits per heavy atom. The number of hydrogen-bond acceptors (Lipinski definition) is 3. The molecular formula is C21H22N2O3. The van der Waals surface area contributed by atoms with Crippen molar-refractivity contribution in [1.29, 1.82) is 0 Å². The van der Waals surface area contributed by atoms with Gasteiger partial charge in [0.2, 0.25) is 11.8 Å². The van der Waals surface area contributed by atoms with E-state index in [1.54, 1.807) is 6.92 Å². The van der Waals surface area contributed by atoms with Gasteiger partial charge in [0.15, 0.2) is 0 Å². The molecule has 2 amide bonds. The molecule has 1 atom stereocenters. The third-order valence-electron chi connectivity index (χ3n) is 4.86. The van der Waals surface area contributed by atoms with Crippen molar-refractivity contribution in [3.05, 3.63) is 59.7 Å². The minimum Gasteiger partial charge on any atom is -0.368 e. The largest absolute Gasteiger partial charge is 0.368 e. The average Bonchev–Trinajstić information content (AvgIpc) is 2.99. The Morgan fingerprint density at radius 2 is 1.54 bits per heavy atom. The molecule has 134 valence electrons. The molecule has 0 saturated heterocycles. The first-order chi connectivity index (χ1) is 12.5. The molecule has 0 fully saturated rings. The molecule has 2 aromatic rings. The smallest absolute Gasteiger partial charge is 0.240 e. The summed E-state index contributed by atoms with van der Waals surface area (Å²) in [6, 6.07) is 14.7. The lowest BCUT2D eigenvalue weighted by atomic mass is 9.95. The topological polar surface area (TPSA) is 89.3 Å². The molecular weight excluding hydrogens is 328 g/mol. The number of rotatable bonds is 7. The van der Waals surface area contributed by atoms with Crippen molar-refractivity contribution in [2.75, 3.05) is 0 Å². The molecule has 0 bridgehead atoms. The van der Waals surface area contributed by atoms with Crippen LogP contribution in [0.5, 0.6) is 0 Å². The van der Waals surface area contributed by atoms with E-state index in [4.69, 9.17) is 5.73 Å². The second-order valence-electron chi connectivity index (χ2n) is 6.50. The number of benzene rings is 2. The van der Waals surface area contributed by atoms with Crippen LogP contribution >= 0.6 is 0 Å². The number of ketones is 1. The Balaban J connectivity index is 1.85. The quantitative estimate of drug-likeness (QED) is 0.804. The zero-order chi connectivity index (χ0) is 18.7. The third kappa shape index (κ3) is 3.38. The summed E-state index contributed by atoms with van der Waals surface area (Å²) in [5.41, 5.74) is 9.32. The maximum atomic E-state index is 13.0. The van der Waals surface area contributed by atoms with Gasteiger partial charge in [-0.3, -0.25) is 14.4 Å². The molecule has 26 heavy (non-hydrogen) atoms. The van der Waals surface area contributed by atoms with Gasteiger partial charge in [0.25, 0.3) is 0 Å². The fourth-order valence-corrected chi connectivity index (χ4v) is 3.46. The van der Waals surface area contributed by atoms with Gasteiger partial charge in [-0.1, -0.05) is 55.5 Å². The Kier molecular flexibility index (Phi) is 5.16. The number of primary amides is 1. The van der Waals surface area contributed by atoms with Crippen LogP contribution in [0.4, 0.5) is 0 Å². The van der Waals surface area contributed by atoms with Gasteiger partial charge < -0.3 is 11.1 Å². The zero-order valence-electron chi connectivity index (χ0n) is 14.7. The van der Waals surface area contributed by atoms with E-state index in [1.165, 1.54) is 0 Å². The summed E-state index contributed by atoms with van der Waals surface area (Å²) in [6.45, 7) is 1.77. The lowest BCUT2D eigenvalue weighted by molar-refractivity contribution is -0.128. The number of Topliss-reactive ketones (excluding diaryl/α,β-unsaturated/α-hetero) is 1. The summed E-state index contributed by atoms with van der Waals surface area (Å²) >= 11 is 0. The van der Waals surface area contributed by atoms with Crippen LogP contribution in [0.15, 0.2) is 48.5 Å². The normalized spacial score (nSPS) is 13.6. The predicted molar refractivity (Wildman–Crippen MR) is 99.4 cm³/mol. The van der Waals surface area contributed by atoms with Crippen molar-refractivity contribution in [3.8, 4) is 11.1 Å². The number of nitrogens with two attached hydrogens (primary N) is 1. The van der Waals surface area contributed by atoms with Gasteiger partial charge in [-0.25, -0.2) is 0 Å². The Bertz CT molecular complexity index is 814. The SMILES string of the molecule is CCC(=O)CC[C@@H](NC(=O)C1c2ccccc2-c2ccccc21)C(N)=O. The Morgan fingerprint density at radius 1 is 1.00 bits per heavy atom. The lowest BCUT2D eigenvalue weighted by Crippen LogP contribution is -2.46. The minimum atomic E-state index is -0.849. The number of carbonyl (C=O) groups excluding carboxylic acids is 3. The standard InChI is InChI=1S/C21H22N2O3/c1-2-13(24)11-12-18(20(22)25)23-21(26)19-16-9-5-3-7-14(16)15-8-4-6-10-17(15)19/h3-10,18-19H,2,11-12H2,1H3,(H2,22,25)(H,23,26)/t18-/m1/s1. The highest BCUT2D eigenvalue weighted by atomic mass is 16.2. The van der Waals surface area contributed by atoms with Gasteiger partial charge in [-0.15, -0.1) is 0 Å². The molecule has 3 N–H and O–H groups in total. The molecule has 0 spiro atoms. The van der Waals surface area contributed by atoms with Crippen LogP contribution in [0, 0.1) is 0 Å². The number of amides is 2. The number of hydrogen-bond donors (Lipinski definition) is 2.